The Morgan fingerprint density at radius 3 is 2.47 bits per heavy atom. The van der Waals surface area contributed by atoms with E-state index in [9.17, 15) is 21.6 Å². The highest BCUT2D eigenvalue weighted by molar-refractivity contribution is 7.91. The van der Waals surface area contributed by atoms with Gasteiger partial charge in [-0.2, -0.15) is 17.7 Å². The van der Waals surface area contributed by atoms with E-state index in [0.717, 1.165) is 23.3 Å². The highest BCUT2D eigenvalue weighted by atomic mass is 35.5. The van der Waals surface area contributed by atoms with Crippen LogP contribution in [0.25, 0.3) is 16.6 Å². The first-order valence-electron chi connectivity index (χ1n) is 10.6. The maximum Gasteiger partial charge on any atom is 0.416 e. The highest BCUT2D eigenvalue weighted by Gasteiger charge is 2.31. The van der Waals surface area contributed by atoms with Crippen LogP contribution in [0.4, 0.5) is 24.7 Å². The van der Waals surface area contributed by atoms with Crippen LogP contribution in [0.2, 0.25) is 5.02 Å². The van der Waals surface area contributed by atoms with Crippen LogP contribution in [-0.4, -0.2) is 28.2 Å². The predicted octanol–water partition coefficient (Wildman–Crippen LogP) is 6.14. The number of nitrogens with one attached hydrogen (secondary N) is 1. The molecule has 5 aromatic rings. The van der Waals surface area contributed by atoms with E-state index < -0.39 is 21.6 Å². The molecule has 0 saturated heterocycles. The average Bonchev–Trinajstić information content (AvgIpc) is 3.25. The van der Waals surface area contributed by atoms with Crippen molar-refractivity contribution in [1.29, 1.82) is 0 Å². The monoisotopic (exact) mass is 531 g/mol. The Balaban J connectivity index is 1.72. The van der Waals surface area contributed by atoms with E-state index in [1.165, 1.54) is 22.7 Å². The lowest BCUT2D eigenvalue weighted by molar-refractivity contribution is -0.137. The third kappa shape index (κ3) is 4.14. The molecule has 0 amide bonds. The van der Waals surface area contributed by atoms with E-state index in [0.29, 0.717) is 15.9 Å². The van der Waals surface area contributed by atoms with Crippen LogP contribution in [0, 0.1) is 13.8 Å². The molecule has 0 spiro atoms. The van der Waals surface area contributed by atoms with Crippen molar-refractivity contribution in [2.45, 2.75) is 29.9 Å². The Labute approximate surface area is 208 Å². The van der Waals surface area contributed by atoms with E-state index in [1.807, 2.05) is 6.92 Å². The maximum atomic E-state index is 13.5. The summed E-state index contributed by atoms with van der Waals surface area (Å²) < 4.78 is 67.9. The summed E-state index contributed by atoms with van der Waals surface area (Å²) in [6.07, 6.45) is -4.54. The zero-order chi connectivity index (χ0) is 25.8. The van der Waals surface area contributed by atoms with Gasteiger partial charge in [0.1, 0.15) is 5.82 Å². The molecule has 5 rings (SSSR count). The molecule has 0 saturated carbocycles. The molecule has 1 N–H and O–H groups in total. The molecule has 0 bridgehead atoms. The fourth-order valence-corrected chi connectivity index (χ4v) is 5.23. The smallest absolute Gasteiger partial charge is 0.340 e. The first-order chi connectivity index (χ1) is 16.9. The molecule has 2 heterocycles. The number of hydrogen-bond acceptors (Lipinski definition) is 6. The molecule has 0 radical (unpaired) electrons. The van der Waals surface area contributed by atoms with Crippen LogP contribution >= 0.6 is 11.6 Å². The molecule has 0 atom stereocenters. The van der Waals surface area contributed by atoms with Gasteiger partial charge >= 0.3 is 6.18 Å². The lowest BCUT2D eigenvalue weighted by Crippen LogP contribution is -2.07. The largest absolute Gasteiger partial charge is 0.416 e. The first kappa shape index (κ1) is 24.0. The van der Waals surface area contributed by atoms with Crippen LogP contribution in [-0.2, 0) is 16.0 Å². The summed E-state index contributed by atoms with van der Waals surface area (Å²) >= 11 is 6.17. The van der Waals surface area contributed by atoms with Gasteiger partial charge < -0.3 is 5.32 Å². The number of rotatable bonds is 4. The van der Waals surface area contributed by atoms with E-state index in [1.54, 1.807) is 37.3 Å². The van der Waals surface area contributed by atoms with Crippen molar-refractivity contribution >= 4 is 49.5 Å². The Morgan fingerprint density at radius 2 is 1.75 bits per heavy atom. The summed E-state index contributed by atoms with van der Waals surface area (Å²) in [6, 6.07) is 14.0. The SMILES string of the molecule is Cc1ccc(S(=O)(=O)c2nnn3c2nc(Nc2cccc(C(F)(F)F)c2)c2cc(Cl)ccc23)cc1C. The fourth-order valence-electron chi connectivity index (χ4n) is 3.74. The number of alkyl halides is 3. The summed E-state index contributed by atoms with van der Waals surface area (Å²) in [5.74, 6) is 0.0955. The Kier molecular flexibility index (Phi) is 5.64. The molecule has 0 fully saturated rings. The van der Waals surface area contributed by atoms with Crippen LogP contribution in [0.1, 0.15) is 16.7 Å². The van der Waals surface area contributed by atoms with Crippen molar-refractivity contribution in [3.63, 3.8) is 0 Å². The Hall–Kier alpha value is -3.70. The second-order valence-corrected chi connectivity index (χ2v) is 10.5. The Bertz CT molecular complexity index is 1770. The lowest BCUT2D eigenvalue weighted by atomic mass is 10.1. The molecule has 0 aliphatic rings. The summed E-state index contributed by atoms with van der Waals surface area (Å²) in [6.45, 7) is 3.66. The van der Waals surface area contributed by atoms with Crippen LogP contribution < -0.4 is 5.32 Å². The number of nitrogens with zero attached hydrogens (tertiary/aromatic N) is 4. The molecule has 7 nitrogen and oxygen atoms in total. The van der Waals surface area contributed by atoms with E-state index >= 15 is 0 Å². The molecular formula is C24H17ClF3N5O2S. The number of aryl methyl sites for hydroxylation is 2. The second-order valence-electron chi connectivity index (χ2n) is 8.20. The number of fused-ring (bicyclic) bond motifs is 3. The molecule has 0 aliphatic heterocycles. The van der Waals surface area contributed by atoms with Gasteiger partial charge in [-0.1, -0.05) is 28.9 Å². The molecule has 0 unspecified atom stereocenters. The zero-order valence-corrected chi connectivity index (χ0v) is 20.4. The number of sulfone groups is 1. The normalized spacial score (nSPS) is 12.4. The molecule has 36 heavy (non-hydrogen) atoms. The number of aromatic nitrogens is 4. The van der Waals surface area contributed by atoms with Gasteiger partial charge in [-0.15, -0.1) is 5.10 Å². The van der Waals surface area contributed by atoms with Gasteiger partial charge in [0.2, 0.25) is 14.9 Å². The summed E-state index contributed by atoms with van der Waals surface area (Å²) in [5.41, 5.74) is 1.29. The molecule has 2 aromatic heterocycles. The van der Waals surface area contributed by atoms with Crippen LogP contribution in [0.3, 0.4) is 0 Å². The minimum absolute atomic E-state index is 0.0263. The van der Waals surface area contributed by atoms with Gasteiger partial charge in [0.05, 0.1) is 16.0 Å². The molecule has 12 heteroatoms. The predicted molar refractivity (Wildman–Crippen MR) is 129 cm³/mol. The van der Waals surface area contributed by atoms with E-state index in [-0.39, 0.29) is 27.1 Å². The van der Waals surface area contributed by atoms with Gasteiger partial charge in [-0.25, -0.2) is 13.4 Å². The summed E-state index contributed by atoms with van der Waals surface area (Å²) in [7, 11) is -4.11. The molecular weight excluding hydrogens is 515 g/mol. The molecule has 3 aromatic carbocycles. The van der Waals surface area contributed by atoms with Gasteiger partial charge in [-0.3, -0.25) is 0 Å². The van der Waals surface area contributed by atoms with Gasteiger partial charge in [0, 0.05) is 16.1 Å². The molecule has 184 valence electrons. The van der Waals surface area contributed by atoms with Gasteiger partial charge in [-0.05, 0) is 73.5 Å². The summed E-state index contributed by atoms with van der Waals surface area (Å²) in [4.78, 5) is 4.46. The minimum atomic E-state index is -4.54. The highest BCUT2D eigenvalue weighted by Crippen LogP contribution is 2.34. The summed E-state index contributed by atoms with van der Waals surface area (Å²) in [5, 5.41) is 11.2. The van der Waals surface area contributed by atoms with E-state index in [4.69, 9.17) is 11.6 Å². The topological polar surface area (TPSA) is 89.2 Å². The first-order valence-corrected chi connectivity index (χ1v) is 12.4. The van der Waals surface area contributed by atoms with E-state index in [2.05, 4.69) is 20.6 Å². The number of hydrogen-bond donors (Lipinski definition) is 1. The van der Waals surface area contributed by atoms with Crippen molar-refractivity contribution in [3.05, 3.63) is 82.4 Å². The van der Waals surface area contributed by atoms with Crippen molar-refractivity contribution in [3.8, 4) is 0 Å². The van der Waals surface area contributed by atoms with Crippen molar-refractivity contribution in [1.82, 2.24) is 19.8 Å². The van der Waals surface area contributed by atoms with Gasteiger partial charge in [0.15, 0.2) is 5.65 Å². The number of halogens is 4. The van der Waals surface area contributed by atoms with Crippen LogP contribution in [0.15, 0.2) is 70.6 Å². The molecule has 0 aliphatic carbocycles. The standard InChI is InChI=1S/C24H17ClF3N5O2S/c1-13-6-8-18(10-14(13)2)36(34,35)23-22-30-21(29-17-5-3-4-15(11-17)24(26,27)28)19-12-16(25)7-9-20(19)33(22)32-31-23/h3-12H,1-2H3,(H,29,30). The lowest BCUT2D eigenvalue weighted by Gasteiger charge is -2.13. The van der Waals surface area contributed by atoms with Crippen molar-refractivity contribution < 1.29 is 21.6 Å². The van der Waals surface area contributed by atoms with Gasteiger partial charge in [0.25, 0.3) is 0 Å². The zero-order valence-electron chi connectivity index (χ0n) is 18.8. The number of benzene rings is 3. The van der Waals surface area contributed by atoms with Crippen molar-refractivity contribution in [2.24, 2.45) is 0 Å². The minimum Gasteiger partial charge on any atom is -0.340 e. The quantitative estimate of drug-likeness (QED) is 0.299. The fraction of sp³-hybridized carbons (Fsp3) is 0.125. The number of anilines is 2. The van der Waals surface area contributed by atoms with Crippen LogP contribution in [0.5, 0.6) is 0 Å². The maximum absolute atomic E-state index is 13.5. The Morgan fingerprint density at radius 1 is 0.972 bits per heavy atom. The average molecular weight is 532 g/mol. The van der Waals surface area contributed by atoms with Crippen molar-refractivity contribution in [2.75, 3.05) is 5.32 Å². The second kappa shape index (κ2) is 8.45. The third-order valence-corrected chi connectivity index (χ3v) is 7.66. The third-order valence-electron chi connectivity index (χ3n) is 5.77.